The van der Waals surface area contributed by atoms with Crippen molar-refractivity contribution >= 4 is 22.5 Å². The van der Waals surface area contributed by atoms with Gasteiger partial charge >= 0.3 is 0 Å². The van der Waals surface area contributed by atoms with Gasteiger partial charge in [-0.25, -0.2) is 18.4 Å². The number of fused-ring (bicyclic) bond motifs is 1. The molecule has 0 bridgehead atoms. The Labute approximate surface area is 206 Å². The SMILES string of the molecule is Cc1cc(-n2cc(F)cn2)c2cccc(OCc3c(Cl)cc(F)cc3[C@H](C)N3CC[C@@H](O)C3)c2n1. The molecule has 2 aromatic carbocycles. The molecule has 182 valence electrons. The van der Waals surface area contributed by atoms with Gasteiger partial charge in [-0.3, -0.25) is 4.90 Å². The summed E-state index contributed by atoms with van der Waals surface area (Å²) < 4.78 is 35.6. The predicted molar refractivity (Wildman–Crippen MR) is 130 cm³/mol. The van der Waals surface area contributed by atoms with Crippen LogP contribution in [0.2, 0.25) is 5.02 Å². The van der Waals surface area contributed by atoms with E-state index in [0.717, 1.165) is 29.4 Å². The highest BCUT2D eigenvalue weighted by Crippen LogP contribution is 2.34. The lowest BCUT2D eigenvalue weighted by molar-refractivity contribution is 0.162. The van der Waals surface area contributed by atoms with Gasteiger partial charge in [-0.2, -0.15) is 5.10 Å². The molecule has 0 unspecified atom stereocenters. The van der Waals surface area contributed by atoms with Gasteiger partial charge in [0.15, 0.2) is 5.82 Å². The van der Waals surface area contributed by atoms with Crippen LogP contribution in [0.3, 0.4) is 0 Å². The van der Waals surface area contributed by atoms with E-state index in [1.807, 2.05) is 32.0 Å². The highest BCUT2D eigenvalue weighted by Gasteiger charge is 2.28. The first-order valence-corrected chi connectivity index (χ1v) is 11.8. The molecule has 0 aliphatic carbocycles. The van der Waals surface area contributed by atoms with Crippen LogP contribution in [-0.4, -0.2) is 44.0 Å². The molecule has 5 rings (SSSR count). The van der Waals surface area contributed by atoms with Crippen LogP contribution in [0.25, 0.3) is 16.6 Å². The predicted octanol–water partition coefficient (Wildman–Crippen LogP) is 5.37. The fraction of sp³-hybridized carbons (Fsp3) is 0.308. The Bertz CT molecular complexity index is 1390. The van der Waals surface area contributed by atoms with Crippen molar-refractivity contribution < 1.29 is 18.6 Å². The summed E-state index contributed by atoms with van der Waals surface area (Å²) in [5, 5.41) is 15.1. The maximum atomic E-state index is 14.3. The van der Waals surface area contributed by atoms with Crippen LogP contribution in [0.1, 0.15) is 36.2 Å². The maximum absolute atomic E-state index is 14.3. The normalized spacial score (nSPS) is 17.3. The highest BCUT2D eigenvalue weighted by molar-refractivity contribution is 6.31. The number of halogens is 3. The topological polar surface area (TPSA) is 63.4 Å². The third-order valence-corrected chi connectivity index (χ3v) is 6.80. The Balaban J connectivity index is 1.50. The number of aromatic nitrogens is 3. The van der Waals surface area contributed by atoms with Gasteiger partial charge in [-0.15, -0.1) is 0 Å². The van der Waals surface area contributed by atoms with E-state index in [1.54, 1.807) is 6.07 Å². The molecule has 1 aliphatic rings. The van der Waals surface area contributed by atoms with E-state index in [4.69, 9.17) is 16.3 Å². The molecule has 1 aliphatic heterocycles. The van der Waals surface area contributed by atoms with E-state index in [9.17, 15) is 13.9 Å². The van der Waals surface area contributed by atoms with Crippen LogP contribution < -0.4 is 4.74 Å². The molecule has 35 heavy (non-hydrogen) atoms. The Morgan fingerprint density at radius 1 is 1.23 bits per heavy atom. The summed E-state index contributed by atoms with van der Waals surface area (Å²) in [7, 11) is 0. The molecule has 0 radical (unpaired) electrons. The van der Waals surface area contributed by atoms with Crippen molar-refractivity contribution in [2.24, 2.45) is 0 Å². The number of hydrogen-bond donors (Lipinski definition) is 1. The minimum Gasteiger partial charge on any atom is -0.487 e. The van der Waals surface area contributed by atoms with Crippen molar-refractivity contribution in [3.8, 4) is 11.4 Å². The number of β-amino-alcohol motifs (C(OH)–C–C–N with tert-alkyl or cyclic N) is 1. The standard InChI is InChI=1S/C26H25ClF2N4O2/c1-15-8-24(33-12-18(29)11-30-33)20-4-3-5-25(26(20)31-15)35-14-22-21(9-17(28)10-23(22)27)16(2)32-7-6-19(34)13-32/h3-5,8-12,16,19,34H,6-7,13-14H2,1-2H3/t16-,19+/m0/s1. The van der Waals surface area contributed by atoms with Crippen LogP contribution in [0.15, 0.2) is 48.8 Å². The number of pyridine rings is 1. The van der Waals surface area contributed by atoms with Gasteiger partial charge in [-0.1, -0.05) is 23.7 Å². The van der Waals surface area contributed by atoms with Crippen LogP contribution >= 0.6 is 11.6 Å². The maximum Gasteiger partial charge on any atom is 0.161 e. The van der Waals surface area contributed by atoms with Gasteiger partial charge in [0.05, 0.1) is 29.2 Å². The Kier molecular flexibility index (Phi) is 6.44. The summed E-state index contributed by atoms with van der Waals surface area (Å²) in [5.41, 5.74) is 3.42. The monoisotopic (exact) mass is 498 g/mol. The molecule has 3 heterocycles. The second kappa shape index (κ2) is 9.53. The Hall–Kier alpha value is -3.07. The van der Waals surface area contributed by atoms with Crippen molar-refractivity contribution in [1.29, 1.82) is 0 Å². The van der Waals surface area contributed by atoms with E-state index in [2.05, 4.69) is 15.0 Å². The molecule has 1 fully saturated rings. The first-order valence-electron chi connectivity index (χ1n) is 11.4. The Morgan fingerprint density at radius 3 is 2.77 bits per heavy atom. The Morgan fingerprint density at radius 2 is 2.06 bits per heavy atom. The average molecular weight is 499 g/mol. The van der Waals surface area contributed by atoms with Crippen molar-refractivity contribution in [1.82, 2.24) is 19.7 Å². The number of ether oxygens (including phenoxy) is 1. The molecule has 4 aromatic rings. The fourth-order valence-electron chi connectivity index (χ4n) is 4.68. The summed E-state index contributed by atoms with van der Waals surface area (Å²) in [5.74, 6) is -0.326. The number of para-hydroxylation sites is 1. The smallest absolute Gasteiger partial charge is 0.161 e. The number of aryl methyl sites for hydroxylation is 1. The molecular formula is C26H25ClF2N4O2. The van der Waals surface area contributed by atoms with E-state index in [-0.39, 0.29) is 23.8 Å². The summed E-state index contributed by atoms with van der Waals surface area (Å²) in [6.07, 6.45) is 2.76. The quantitative estimate of drug-likeness (QED) is 0.387. The zero-order valence-corrected chi connectivity index (χ0v) is 20.1. The van der Waals surface area contributed by atoms with Gasteiger partial charge in [0.1, 0.15) is 23.7 Å². The van der Waals surface area contributed by atoms with Crippen molar-refractivity contribution in [3.05, 3.63) is 82.3 Å². The van der Waals surface area contributed by atoms with Crippen LogP contribution in [0, 0.1) is 18.6 Å². The van der Waals surface area contributed by atoms with Crippen molar-refractivity contribution in [2.45, 2.75) is 39.0 Å². The van der Waals surface area contributed by atoms with Crippen molar-refractivity contribution in [3.63, 3.8) is 0 Å². The first-order chi connectivity index (χ1) is 16.8. The zero-order valence-electron chi connectivity index (χ0n) is 19.4. The van der Waals surface area contributed by atoms with Gasteiger partial charge in [0, 0.05) is 35.8 Å². The number of aliphatic hydroxyl groups excluding tert-OH is 1. The van der Waals surface area contributed by atoms with Gasteiger partial charge in [0.25, 0.3) is 0 Å². The lowest BCUT2D eigenvalue weighted by atomic mass is 10.0. The fourth-order valence-corrected chi connectivity index (χ4v) is 4.95. The third-order valence-electron chi connectivity index (χ3n) is 6.47. The minimum atomic E-state index is -0.432. The van der Waals surface area contributed by atoms with E-state index >= 15 is 0 Å². The summed E-state index contributed by atoms with van der Waals surface area (Å²) in [4.78, 5) is 6.77. The lowest BCUT2D eigenvalue weighted by Gasteiger charge is -2.27. The lowest BCUT2D eigenvalue weighted by Crippen LogP contribution is -2.26. The van der Waals surface area contributed by atoms with Crippen LogP contribution in [0.5, 0.6) is 5.75 Å². The van der Waals surface area contributed by atoms with E-state index in [1.165, 1.54) is 23.0 Å². The molecule has 6 nitrogen and oxygen atoms in total. The zero-order chi connectivity index (χ0) is 24.7. The highest BCUT2D eigenvalue weighted by atomic mass is 35.5. The second-order valence-corrected chi connectivity index (χ2v) is 9.30. The van der Waals surface area contributed by atoms with E-state index < -0.39 is 11.6 Å². The number of nitrogens with zero attached hydrogens (tertiary/aromatic N) is 4. The molecule has 2 aromatic heterocycles. The number of benzene rings is 2. The van der Waals surface area contributed by atoms with Crippen molar-refractivity contribution in [2.75, 3.05) is 13.1 Å². The van der Waals surface area contributed by atoms with Crippen LogP contribution in [-0.2, 0) is 6.61 Å². The van der Waals surface area contributed by atoms with Gasteiger partial charge in [0.2, 0.25) is 0 Å². The minimum absolute atomic E-state index is 0.107. The van der Waals surface area contributed by atoms with Gasteiger partial charge in [-0.05, 0) is 50.1 Å². The largest absolute Gasteiger partial charge is 0.487 e. The summed E-state index contributed by atoms with van der Waals surface area (Å²) in [6.45, 7) is 5.18. The summed E-state index contributed by atoms with van der Waals surface area (Å²) in [6, 6.07) is 9.97. The van der Waals surface area contributed by atoms with E-state index in [0.29, 0.717) is 35.5 Å². The third kappa shape index (κ3) is 4.74. The molecule has 0 spiro atoms. The molecule has 1 saturated heterocycles. The molecule has 1 N–H and O–H groups in total. The first kappa shape index (κ1) is 23.7. The molecule has 0 saturated carbocycles. The average Bonchev–Trinajstić information content (AvgIpc) is 3.45. The molecule has 2 atom stereocenters. The number of aliphatic hydroxyl groups is 1. The van der Waals surface area contributed by atoms with Gasteiger partial charge < -0.3 is 9.84 Å². The molecular weight excluding hydrogens is 474 g/mol. The molecule has 9 heteroatoms. The van der Waals surface area contributed by atoms with Crippen LogP contribution in [0.4, 0.5) is 8.78 Å². The number of hydrogen-bond acceptors (Lipinski definition) is 5. The number of likely N-dealkylation sites (tertiary alicyclic amines) is 1. The second-order valence-electron chi connectivity index (χ2n) is 8.90. The molecule has 0 amide bonds. The summed E-state index contributed by atoms with van der Waals surface area (Å²) >= 11 is 6.48. The number of rotatable bonds is 6.